The molecule has 12 heteroatoms. The molecule has 2 amide bonds. The van der Waals surface area contributed by atoms with E-state index in [1.54, 1.807) is 29.2 Å². The lowest BCUT2D eigenvalue weighted by Crippen LogP contribution is -2.45. The van der Waals surface area contributed by atoms with Gasteiger partial charge in [-0.2, -0.15) is 5.10 Å². The summed E-state index contributed by atoms with van der Waals surface area (Å²) in [5.74, 6) is -0.00341. The molecule has 0 N–H and O–H groups in total. The molecule has 3 heterocycles. The van der Waals surface area contributed by atoms with Crippen molar-refractivity contribution in [3.8, 4) is 11.5 Å². The molecule has 0 spiro atoms. The van der Waals surface area contributed by atoms with Crippen molar-refractivity contribution < 1.29 is 22.4 Å². The summed E-state index contributed by atoms with van der Waals surface area (Å²) in [5.41, 5.74) is 0.975. The van der Waals surface area contributed by atoms with Crippen LogP contribution in [0.15, 0.2) is 33.8 Å². The molecular weight excluding hydrogens is 470 g/mol. The molecular formula is C21H22ClN5O5S. The summed E-state index contributed by atoms with van der Waals surface area (Å²) in [6.07, 6.45) is 2.40. The van der Waals surface area contributed by atoms with Crippen molar-refractivity contribution in [2.75, 3.05) is 11.5 Å². The van der Waals surface area contributed by atoms with Gasteiger partial charge < -0.3 is 9.32 Å². The highest BCUT2D eigenvalue weighted by Gasteiger charge is 2.40. The maximum Gasteiger partial charge on any atom is 0.270 e. The van der Waals surface area contributed by atoms with Crippen LogP contribution in [0.1, 0.15) is 38.0 Å². The van der Waals surface area contributed by atoms with Gasteiger partial charge in [-0.3, -0.25) is 9.59 Å². The minimum Gasteiger partial charge on any atom is -0.419 e. The predicted octanol–water partition coefficient (Wildman–Crippen LogP) is 2.05. The average molecular weight is 492 g/mol. The van der Waals surface area contributed by atoms with E-state index in [4.69, 9.17) is 16.0 Å². The van der Waals surface area contributed by atoms with E-state index in [-0.39, 0.29) is 54.5 Å². The van der Waals surface area contributed by atoms with E-state index < -0.39 is 15.9 Å². The molecule has 3 aliphatic rings. The van der Waals surface area contributed by atoms with Gasteiger partial charge >= 0.3 is 0 Å². The van der Waals surface area contributed by atoms with Crippen LogP contribution in [0.3, 0.4) is 0 Å². The molecule has 0 radical (unpaired) electrons. The second-order valence-corrected chi connectivity index (χ2v) is 11.2. The van der Waals surface area contributed by atoms with Crippen LogP contribution in [0, 0.1) is 0 Å². The number of carbonyl (C=O) groups is 2. The van der Waals surface area contributed by atoms with E-state index in [1.807, 2.05) is 0 Å². The van der Waals surface area contributed by atoms with E-state index in [2.05, 4.69) is 15.3 Å². The van der Waals surface area contributed by atoms with Crippen molar-refractivity contribution in [3.05, 3.63) is 35.2 Å². The molecule has 2 fully saturated rings. The fourth-order valence-electron chi connectivity index (χ4n) is 4.07. The molecule has 33 heavy (non-hydrogen) atoms. The number of benzene rings is 1. The van der Waals surface area contributed by atoms with E-state index in [9.17, 15) is 18.0 Å². The standard InChI is InChI=1S/C21H22ClN5O5S/c22-14-3-1-13(2-4-14)20-24-23-18(32-20)11-26(15-5-6-15)21(29)17-7-8-19(28)27(25-17)16-9-10-33(30,31)12-16/h1-4,15-16H,5-12H2/t16-/m1/s1. The first-order valence-electron chi connectivity index (χ1n) is 10.8. The van der Waals surface area contributed by atoms with Gasteiger partial charge in [0.15, 0.2) is 9.84 Å². The zero-order valence-corrected chi connectivity index (χ0v) is 19.3. The van der Waals surface area contributed by atoms with Gasteiger partial charge in [-0.1, -0.05) is 11.6 Å². The Morgan fingerprint density at radius 2 is 1.91 bits per heavy atom. The molecule has 0 bridgehead atoms. The highest BCUT2D eigenvalue weighted by atomic mass is 35.5. The SMILES string of the molecule is O=C(C1=NN([C@@H]2CCS(=O)(=O)C2)C(=O)CC1)N(Cc1nnc(-c2ccc(Cl)cc2)o1)C1CC1. The minimum absolute atomic E-state index is 0.0293. The number of halogens is 1. The molecule has 174 valence electrons. The number of rotatable bonds is 6. The van der Waals surface area contributed by atoms with Crippen LogP contribution in [0.4, 0.5) is 0 Å². The van der Waals surface area contributed by atoms with Crippen LogP contribution in [-0.2, 0) is 26.0 Å². The molecule has 2 aliphatic heterocycles. The minimum atomic E-state index is -3.18. The second-order valence-electron chi connectivity index (χ2n) is 8.51. The van der Waals surface area contributed by atoms with E-state index in [0.717, 1.165) is 18.4 Å². The Kier molecular flexibility index (Phi) is 5.69. The first-order valence-corrected chi connectivity index (χ1v) is 13.0. The second kappa shape index (κ2) is 8.53. The van der Waals surface area contributed by atoms with Crippen molar-refractivity contribution in [1.29, 1.82) is 0 Å². The van der Waals surface area contributed by atoms with Crippen LogP contribution >= 0.6 is 11.6 Å². The van der Waals surface area contributed by atoms with Crippen molar-refractivity contribution >= 4 is 39.0 Å². The Hall–Kier alpha value is -2.79. The zero-order chi connectivity index (χ0) is 23.2. The molecule has 1 aliphatic carbocycles. The lowest BCUT2D eigenvalue weighted by atomic mass is 10.1. The van der Waals surface area contributed by atoms with Crippen LogP contribution in [-0.4, -0.2) is 69.6 Å². The van der Waals surface area contributed by atoms with Gasteiger partial charge in [-0.25, -0.2) is 13.4 Å². The van der Waals surface area contributed by atoms with Crippen LogP contribution in [0.5, 0.6) is 0 Å². The Labute approximate surface area is 195 Å². The third-order valence-corrected chi connectivity index (χ3v) is 7.98. The largest absolute Gasteiger partial charge is 0.419 e. The smallest absolute Gasteiger partial charge is 0.270 e. The molecule has 1 aromatic carbocycles. The summed E-state index contributed by atoms with van der Waals surface area (Å²) in [6, 6.07) is 6.53. The summed E-state index contributed by atoms with van der Waals surface area (Å²) in [4.78, 5) is 27.4. The molecule has 1 atom stereocenters. The molecule has 2 aromatic rings. The number of amides is 2. The number of nitrogens with zero attached hydrogens (tertiary/aromatic N) is 5. The van der Waals surface area contributed by atoms with Crippen molar-refractivity contribution in [3.63, 3.8) is 0 Å². The maximum absolute atomic E-state index is 13.3. The predicted molar refractivity (Wildman–Crippen MR) is 119 cm³/mol. The number of carbonyl (C=O) groups excluding carboxylic acids is 2. The molecule has 1 aromatic heterocycles. The topological polar surface area (TPSA) is 126 Å². The van der Waals surface area contributed by atoms with Gasteiger partial charge in [0, 0.05) is 29.5 Å². The Balaban J connectivity index is 1.33. The fraction of sp³-hybridized carbons (Fsp3) is 0.476. The number of hydrogen-bond donors (Lipinski definition) is 0. The Bertz CT molecular complexity index is 1220. The van der Waals surface area contributed by atoms with E-state index in [1.165, 1.54) is 5.01 Å². The first-order chi connectivity index (χ1) is 15.8. The highest BCUT2D eigenvalue weighted by molar-refractivity contribution is 7.91. The van der Waals surface area contributed by atoms with Crippen LogP contribution in [0.2, 0.25) is 5.02 Å². The Morgan fingerprint density at radius 1 is 1.15 bits per heavy atom. The number of hydrogen-bond acceptors (Lipinski definition) is 8. The van der Waals surface area contributed by atoms with Crippen LogP contribution < -0.4 is 0 Å². The maximum atomic E-state index is 13.3. The molecule has 10 nitrogen and oxygen atoms in total. The normalized spacial score (nSPS) is 22.3. The van der Waals surface area contributed by atoms with E-state index in [0.29, 0.717) is 23.2 Å². The lowest BCUT2D eigenvalue weighted by molar-refractivity contribution is -0.134. The highest BCUT2D eigenvalue weighted by Crippen LogP contribution is 2.30. The van der Waals surface area contributed by atoms with E-state index >= 15 is 0 Å². The first kappa shape index (κ1) is 22.0. The van der Waals surface area contributed by atoms with Crippen molar-refractivity contribution in [2.24, 2.45) is 5.10 Å². The lowest BCUT2D eigenvalue weighted by Gasteiger charge is -2.29. The van der Waals surface area contributed by atoms with Crippen molar-refractivity contribution in [2.45, 2.75) is 50.7 Å². The van der Waals surface area contributed by atoms with Gasteiger partial charge in [-0.15, -0.1) is 10.2 Å². The molecule has 1 saturated heterocycles. The Morgan fingerprint density at radius 3 is 2.58 bits per heavy atom. The van der Waals surface area contributed by atoms with Gasteiger partial charge in [0.05, 0.1) is 24.1 Å². The number of hydrazone groups is 1. The summed E-state index contributed by atoms with van der Waals surface area (Å²) in [6.45, 7) is 0.134. The molecule has 5 rings (SSSR count). The molecule has 1 saturated carbocycles. The fourth-order valence-corrected chi connectivity index (χ4v) is 5.89. The molecule has 0 unspecified atom stereocenters. The van der Waals surface area contributed by atoms with Gasteiger partial charge in [0.25, 0.3) is 5.91 Å². The monoisotopic (exact) mass is 491 g/mol. The summed E-state index contributed by atoms with van der Waals surface area (Å²) in [5, 5.41) is 14.3. The van der Waals surface area contributed by atoms with Crippen LogP contribution in [0.25, 0.3) is 11.5 Å². The quantitative estimate of drug-likeness (QED) is 0.605. The van der Waals surface area contributed by atoms with Crippen molar-refractivity contribution in [1.82, 2.24) is 20.1 Å². The number of aromatic nitrogens is 2. The summed E-state index contributed by atoms with van der Waals surface area (Å²) < 4.78 is 29.5. The summed E-state index contributed by atoms with van der Waals surface area (Å²) >= 11 is 5.92. The zero-order valence-electron chi connectivity index (χ0n) is 17.7. The average Bonchev–Trinajstić information content (AvgIpc) is 3.41. The third kappa shape index (κ3) is 4.79. The summed E-state index contributed by atoms with van der Waals surface area (Å²) in [7, 11) is -3.18. The van der Waals surface area contributed by atoms with Gasteiger partial charge in [0.2, 0.25) is 17.7 Å². The van der Waals surface area contributed by atoms with Gasteiger partial charge in [-0.05, 0) is 43.5 Å². The van der Waals surface area contributed by atoms with Gasteiger partial charge in [0.1, 0.15) is 5.71 Å². The third-order valence-electron chi connectivity index (χ3n) is 5.97. The number of sulfone groups is 1.